The monoisotopic (exact) mass is 124 g/mol. The molecule has 0 rings (SSSR count). The summed E-state index contributed by atoms with van der Waals surface area (Å²) in [5, 5.41) is 0. The molecule has 0 atom stereocenters. The minimum Gasteiger partial charge on any atom is -0.197 e. The van der Waals surface area contributed by atoms with Gasteiger partial charge in [0.2, 0.25) is 0 Å². The van der Waals surface area contributed by atoms with Gasteiger partial charge in [-0.3, -0.25) is 0 Å². The van der Waals surface area contributed by atoms with E-state index >= 15 is 0 Å². The van der Waals surface area contributed by atoms with Crippen molar-refractivity contribution in [1.82, 2.24) is 0 Å². The second kappa shape index (κ2) is 5.11. The quantitative estimate of drug-likeness (QED) is 0.372. The van der Waals surface area contributed by atoms with Crippen molar-refractivity contribution in [3.63, 3.8) is 0 Å². The summed E-state index contributed by atoms with van der Waals surface area (Å²) in [6.07, 6.45) is 3.51. The lowest BCUT2D eigenvalue weighted by atomic mass is 10.4. The molecule has 0 unspecified atom stereocenters. The zero-order chi connectivity index (χ0) is 7.11. The number of hydrogen-bond donors (Lipinski definition) is 0. The molecule has 0 heterocycles. The van der Waals surface area contributed by atoms with Gasteiger partial charge in [0.25, 0.3) is 0 Å². The van der Waals surface area contributed by atoms with Gasteiger partial charge < -0.3 is 0 Å². The van der Waals surface area contributed by atoms with Crippen molar-refractivity contribution in [2.24, 2.45) is 0 Å². The van der Waals surface area contributed by atoms with Gasteiger partial charge in [0.05, 0.1) is 0 Å². The van der Waals surface area contributed by atoms with Crippen LogP contribution in [0.25, 0.3) is 0 Å². The van der Waals surface area contributed by atoms with E-state index in [-0.39, 0.29) is 5.83 Å². The summed E-state index contributed by atoms with van der Waals surface area (Å²) >= 11 is 0. The molecular formula is C8H9F. The number of allylic oxidation sites excluding steroid dienone is 3. The second-order valence-corrected chi connectivity index (χ2v) is 1.43. The second-order valence-electron chi connectivity index (χ2n) is 1.43. The van der Waals surface area contributed by atoms with Crippen LogP contribution < -0.4 is 0 Å². The predicted octanol–water partition coefficient (Wildman–Crippen LogP) is 2.44. The molecule has 0 aromatic carbocycles. The van der Waals surface area contributed by atoms with E-state index in [2.05, 4.69) is 18.4 Å². The van der Waals surface area contributed by atoms with E-state index in [1.165, 1.54) is 6.08 Å². The lowest BCUT2D eigenvalue weighted by Crippen LogP contribution is -1.62. The molecule has 0 aliphatic heterocycles. The Morgan fingerprint density at radius 3 is 2.89 bits per heavy atom. The Labute approximate surface area is 55.1 Å². The Balaban J connectivity index is 3.72. The van der Waals surface area contributed by atoms with Crippen LogP contribution in [0.5, 0.6) is 0 Å². The molecule has 0 nitrogen and oxygen atoms in total. The van der Waals surface area contributed by atoms with Gasteiger partial charge >= 0.3 is 0 Å². The van der Waals surface area contributed by atoms with Crippen LogP contribution >= 0.6 is 0 Å². The fourth-order valence-electron chi connectivity index (χ4n) is 0.280. The van der Waals surface area contributed by atoms with Crippen LogP contribution in [-0.2, 0) is 0 Å². The molecule has 0 aliphatic rings. The van der Waals surface area contributed by atoms with Crippen LogP contribution in [0.2, 0.25) is 0 Å². The summed E-state index contributed by atoms with van der Waals surface area (Å²) < 4.78 is 12.1. The van der Waals surface area contributed by atoms with Crippen LogP contribution in [-0.4, -0.2) is 0 Å². The summed E-state index contributed by atoms with van der Waals surface area (Å²) in [7, 11) is 0. The zero-order valence-corrected chi connectivity index (χ0v) is 5.45. The standard InChI is InChI=1S/C8H9F/c1-3-5-6-7-8(9)4-2/h3-4H,1,5H2,2H3/b8-4+. The average molecular weight is 124 g/mol. The van der Waals surface area contributed by atoms with Crippen LogP contribution in [0.15, 0.2) is 24.6 Å². The van der Waals surface area contributed by atoms with E-state index in [0.717, 1.165) is 0 Å². The minimum atomic E-state index is -0.378. The third-order valence-corrected chi connectivity index (χ3v) is 0.708. The molecular weight excluding hydrogens is 115 g/mol. The Bertz CT molecular complexity index is 167. The smallest absolute Gasteiger partial charge is 0.168 e. The largest absolute Gasteiger partial charge is 0.197 e. The summed E-state index contributed by atoms with van der Waals surface area (Å²) in [5.74, 6) is 4.50. The van der Waals surface area contributed by atoms with Crippen molar-refractivity contribution in [3.05, 3.63) is 24.6 Å². The van der Waals surface area contributed by atoms with E-state index in [9.17, 15) is 4.39 Å². The van der Waals surface area contributed by atoms with Crippen LogP contribution in [0.1, 0.15) is 13.3 Å². The van der Waals surface area contributed by atoms with Crippen molar-refractivity contribution >= 4 is 0 Å². The highest BCUT2D eigenvalue weighted by Gasteiger charge is 1.77. The normalized spacial score (nSPS) is 9.78. The first-order valence-corrected chi connectivity index (χ1v) is 2.73. The Hall–Kier alpha value is -1.03. The molecule has 0 aliphatic carbocycles. The van der Waals surface area contributed by atoms with Crippen LogP contribution in [0.4, 0.5) is 4.39 Å². The number of rotatable bonds is 1. The third kappa shape index (κ3) is 4.83. The van der Waals surface area contributed by atoms with E-state index in [4.69, 9.17) is 0 Å². The third-order valence-electron chi connectivity index (χ3n) is 0.708. The first-order valence-electron chi connectivity index (χ1n) is 2.73. The SMILES string of the molecule is C=CCC#C/C(F)=C\C. The molecule has 0 bridgehead atoms. The Morgan fingerprint density at radius 1 is 1.78 bits per heavy atom. The van der Waals surface area contributed by atoms with E-state index in [0.29, 0.717) is 6.42 Å². The molecule has 0 N–H and O–H groups in total. The highest BCUT2D eigenvalue weighted by atomic mass is 19.1. The van der Waals surface area contributed by atoms with E-state index in [1.54, 1.807) is 13.0 Å². The van der Waals surface area contributed by atoms with Gasteiger partial charge in [-0.1, -0.05) is 12.0 Å². The highest BCUT2D eigenvalue weighted by molar-refractivity contribution is 5.22. The van der Waals surface area contributed by atoms with Gasteiger partial charge in [-0.25, -0.2) is 0 Å². The lowest BCUT2D eigenvalue weighted by Gasteiger charge is -1.74. The molecule has 0 radical (unpaired) electrons. The van der Waals surface area contributed by atoms with E-state index < -0.39 is 0 Å². The topological polar surface area (TPSA) is 0 Å². The van der Waals surface area contributed by atoms with Crippen LogP contribution in [0.3, 0.4) is 0 Å². The molecule has 0 fully saturated rings. The fraction of sp³-hybridized carbons (Fsp3) is 0.250. The molecule has 0 amide bonds. The fourth-order valence-corrected chi connectivity index (χ4v) is 0.280. The van der Waals surface area contributed by atoms with Crippen molar-refractivity contribution in [3.8, 4) is 11.8 Å². The van der Waals surface area contributed by atoms with Gasteiger partial charge in [-0.05, 0) is 18.9 Å². The van der Waals surface area contributed by atoms with E-state index in [1.807, 2.05) is 0 Å². The van der Waals surface area contributed by atoms with Crippen LogP contribution in [0, 0.1) is 11.8 Å². The summed E-state index contributed by atoms with van der Waals surface area (Å²) in [6.45, 7) is 5.05. The van der Waals surface area contributed by atoms with Gasteiger partial charge in [-0.15, -0.1) is 6.58 Å². The first kappa shape index (κ1) is 7.97. The van der Waals surface area contributed by atoms with Crippen molar-refractivity contribution in [2.45, 2.75) is 13.3 Å². The molecule has 1 heteroatoms. The maximum Gasteiger partial charge on any atom is 0.168 e. The molecule has 0 saturated carbocycles. The zero-order valence-electron chi connectivity index (χ0n) is 5.45. The molecule has 0 saturated heterocycles. The summed E-state index contributed by atoms with van der Waals surface area (Å²) in [4.78, 5) is 0. The highest BCUT2D eigenvalue weighted by Crippen LogP contribution is 1.90. The van der Waals surface area contributed by atoms with Crippen molar-refractivity contribution < 1.29 is 4.39 Å². The van der Waals surface area contributed by atoms with Crippen molar-refractivity contribution in [1.29, 1.82) is 0 Å². The van der Waals surface area contributed by atoms with Gasteiger partial charge in [-0.2, -0.15) is 4.39 Å². The molecule has 0 aromatic rings. The summed E-state index contributed by atoms with van der Waals surface area (Å²) in [6, 6.07) is 0. The van der Waals surface area contributed by atoms with Gasteiger partial charge in [0.15, 0.2) is 5.83 Å². The molecule has 9 heavy (non-hydrogen) atoms. The van der Waals surface area contributed by atoms with Crippen molar-refractivity contribution in [2.75, 3.05) is 0 Å². The maximum atomic E-state index is 12.1. The molecule has 48 valence electrons. The lowest BCUT2D eigenvalue weighted by molar-refractivity contribution is 0.673. The number of hydrogen-bond acceptors (Lipinski definition) is 0. The molecule has 0 aromatic heterocycles. The Kier molecular flexibility index (Phi) is 4.53. The van der Waals surface area contributed by atoms with Gasteiger partial charge in [0.1, 0.15) is 0 Å². The Morgan fingerprint density at radius 2 is 2.44 bits per heavy atom. The molecule has 0 spiro atoms. The first-order chi connectivity index (χ1) is 4.31. The average Bonchev–Trinajstić information content (AvgIpc) is 1.89. The number of halogens is 1. The predicted molar refractivity (Wildman–Crippen MR) is 37.5 cm³/mol. The van der Waals surface area contributed by atoms with Gasteiger partial charge in [0, 0.05) is 6.42 Å². The summed E-state index contributed by atoms with van der Waals surface area (Å²) in [5.41, 5.74) is 0. The maximum absolute atomic E-state index is 12.1. The minimum absolute atomic E-state index is 0.378.